The minimum absolute atomic E-state index is 0.352. The molecule has 4 heteroatoms. The Morgan fingerprint density at radius 1 is 1.40 bits per heavy atom. The van der Waals surface area contributed by atoms with Crippen molar-refractivity contribution in [1.82, 2.24) is 9.61 Å². The van der Waals surface area contributed by atoms with E-state index in [-0.39, 0.29) is 5.97 Å². The molecule has 2 aromatic rings. The van der Waals surface area contributed by atoms with E-state index in [1.54, 1.807) is 4.52 Å². The van der Waals surface area contributed by atoms with Crippen LogP contribution in [0.3, 0.4) is 0 Å². The Morgan fingerprint density at radius 3 is 2.80 bits per heavy atom. The van der Waals surface area contributed by atoms with Crippen LogP contribution in [-0.4, -0.2) is 22.7 Å². The molecule has 0 spiro atoms. The smallest absolute Gasteiger partial charge is 0.341 e. The van der Waals surface area contributed by atoms with Crippen LogP contribution >= 0.6 is 0 Å². The maximum atomic E-state index is 11.4. The van der Waals surface area contributed by atoms with E-state index in [4.69, 9.17) is 4.74 Å². The largest absolute Gasteiger partial charge is 0.465 e. The van der Waals surface area contributed by atoms with Gasteiger partial charge >= 0.3 is 5.97 Å². The van der Waals surface area contributed by atoms with Gasteiger partial charge in [-0.2, -0.15) is 5.10 Å². The van der Waals surface area contributed by atoms with Gasteiger partial charge in [0.15, 0.2) is 0 Å². The molecule has 15 heavy (non-hydrogen) atoms. The Bertz CT molecular complexity index is 529. The van der Waals surface area contributed by atoms with Gasteiger partial charge in [0.05, 0.1) is 18.8 Å². The fraction of sp³-hybridized carbons (Fsp3) is 0.273. The molecule has 0 bridgehead atoms. The number of hydrogen-bond donors (Lipinski definition) is 0. The highest BCUT2D eigenvalue weighted by Crippen LogP contribution is 2.15. The molecule has 0 atom stereocenters. The van der Waals surface area contributed by atoms with Crippen LogP contribution in [0.4, 0.5) is 0 Å². The summed E-state index contributed by atoms with van der Waals surface area (Å²) in [6, 6.07) is 3.94. The van der Waals surface area contributed by atoms with Crippen molar-refractivity contribution in [3.05, 3.63) is 35.2 Å². The molecule has 0 unspecified atom stereocenters. The van der Waals surface area contributed by atoms with E-state index in [1.807, 2.05) is 26.0 Å². The zero-order valence-corrected chi connectivity index (χ0v) is 8.94. The van der Waals surface area contributed by atoms with E-state index < -0.39 is 0 Å². The van der Waals surface area contributed by atoms with Crippen LogP contribution in [0.25, 0.3) is 5.52 Å². The molecule has 0 saturated heterocycles. The van der Waals surface area contributed by atoms with Crippen LogP contribution in [0.5, 0.6) is 0 Å². The summed E-state index contributed by atoms with van der Waals surface area (Å²) >= 11 is 0. The van der Waals surface area contributed by atoms with Crippen LogP contribution in [-0.2, 0) is 4.74 Å². The highest BCUT2D eigenvalue weighted by Gasteiger charge is 2.13. The quantitative estimate of drug-likeness (QED) is 0.664. The van der Waals surface area contributed by atoms with Gasteiger partial charge in [0, 0.05) is 5.69 Å². The van der Waals surface area contributed by atoms with Gasteiger partial charge in [-0.1, -0.05) is 0 Å². The van der Waals surface area contributed by atoms with E-state index >= 15 is 0 Å². The van der Waals surface area contributed by atoms with Crippen LogP contribution < -0.4 is 0 Å². The summed E-state index contributed by atoms with van der Waals surface area (Å²) in [6.45, 7) is 3.94. The number of carbonyl (C=O) groups excluding carboxylic acids is 1. The van der Waals surface area contributed by atoms with Gasteiger partial charge in [0.2, 0.25) is 0 Å². The number of ether oxygens (including phenoxy) is 1. The van der Waals surface area contributed by atoms with Gasteiger partial charge in [-0.15, -0.1) is 0 Å². The monoisotopic (exact) mass is 204 g/mol. The Morgan fingerprint density at radius 2 is 2.13 bits per heavy atom. The Balaban J connectivity index is 2.74. The van der Waals surface area contributed by atoms with Crippen molar-refractivity contribution in [3.63, 3.8) is 0 Å². The van der Waals surface area contributed by atoms with Crippen LogP contribution in [0.1, 0.15) is 21.6 Å². The minimum Gasteiger partial charge on any atom is -0.465 e. The average molecular weight is 204 g/mol. The molecule has 0 aliphatic carbocycles. The molecular formula is C11H12N2O2. The van der Waals surface area contributed by atoms with Gasteiger partial charge in [-0.3, -0.25) is 0 Å². The molecule has 2 aromatic heterocycles. The number of hydrogen-bond acceptors (Lipinski definition) is 3. The molecule has 2 rings (SSSR count). The number of carbonyl (C=O) groups is 1. The summed E-state index contributed by atoms with van der Waals surface area (Å²) in [4.78, 5) is 11.4. The molecule has 0 radical (unpaired) electrons. The number of aromatic nitrogens is 2. The molecule has 78 valence electrons. The Kier molecular flexibility index (Phi) is 2.19. The lowest BCUT2D eigenvalue weighted by Crippen LogP contribution is -2.01. The van der Waals surface area contributed by atoms with Crippen LogP contribution in [0.2, 0.25) is 0 Å². The number of rotatable bonds is 1. The number of nitrogens with zero attached hydrogens (tertiary/aromatic N) is 2. The second kappa shape index (κ2) is 3.38. The average Bonchev–Trinajstić information content (AvgIpc) is 2.60. The van der Waals surface area contributed by atoms with Crippen molar-refractivity contribution in [3.8, 4) is 0 Å². The summed E-state index contributed by atoms with van der Waals surface area (Å²) < 4.78 is 6.43. The first-order valence-electron chi connectivity index (χ1n) is 4.67. The summed E-state index contributed by atoms with van der Waals surface area (Å²) in [7, 11) is 1.37. The van der Waals surface area contributed by atoms with Crippen LogP contribution in [0, 0.1) is 13.8 Å². The molecule has 2 heterocycles. The topological polar surface area (TPSA) is 43.6 Å². The highest BCUT2D eigenvalue weighted by atomic mass is 16.5. The Labute approximate surface area is 87.5 Å². The second-order valence-corrected chi connectivity index (χ2v) is 3.52. The Hall–Kier alpha value is -1.84. The first-order chi connectivity index (χ1) is 7.13. The van der Waals surface area contributed by atoms with Crippen molar-refractivity contribution in [1.29, 1.82) is 0 Å². The lowest BCUT2D eigenvalue weighted by atomic mass is 10.2. The number of aryl methyl sites for hydroxylation is 2. The van der Waals surface area contributed by atoms with Gasteiger partial charge in [-0.25, -0.2) is 9.31 Å². The summed E-state index contributed by atoms with van der Waals surface area (Å²) in [6.07, 6.45) is 1.54. The van der Waals surface area contributed by atoms with E-state index in [9.17, 15) is 4.79 Å². The third-order valence-electron chi connectivity index (χ3n) is 2.35. The third-order valence-corrected chi connectivity index (χ3v) is 2.35. The second-order valence-electron chi connectivity index (χ2n) is 3.52. The summed E-state index contributed by atoms with van der Waals surface area (Å²) in [5, 5.41) is 4.14. The molecule has 0 aliphatic heterocycles. The number of esters is 1. The van der Waals surface area contributed by atoms with E-state index in [1.165, 1.54) is 13.3 Å². The lowest BCUT2D eigenvalue weighted by Gasteiger charge is -2.02. The zero-order valence-electron chi connectivity index (χ0n) is 8.94. The van der Waals surface area contributed by atoms with Gasteiger partial charge in [0.25, 0.3) is 0 Å². The van der Waals surface area contributed by atoms with E-state index in [0.29, 0.717) is 5.56 Å². The first-order valence-corrected chi connectivity index (χ1v) is 4.67. The predicted molar refractivity (Wildman–Crippen MR) is 56.0 cm³/mol. The fourth-order valence-corrected chi connectivity index (χ4v) is 1.69. The van der Waals surface area contributed by atoms with Gasteiger partial charge in [0.1, 0.15) is 5.56 Å². The molecule has 4 nitrogen and oxygen atoms in total. The summed E-state index contributed by atoms with van der Waals surface area (Å²) in [5.74, 6) is -0.352. The predicted octanol–water partition coefficient (Wildman–Crippen LogP) is 1.74. The minimum atomic E-state index is -0.352. The molecule has 0 amide bonds. The number of methoxy groups -OCH3 is 1. The summed E-state index contributed by atoms with van der Waals surface area (Å²) in [5.41, 5.74) is 3.40. The fourth-order valence-electron chi connectivity index (χ4n) is 1.69. The van der Waals surface area contributed by atoms with Gasteiger partial charge < -0.3 is 4.74 Å². The van der Waals surface area contributed by atoms with Crippen molar-refractivity contribution in [2.75, 3.05) is 7.11 Å². The van der Waals surface area contributed by atoms with Crippen molar-refractivity contribution in [2.24, 2.45) is 0 Å². The normalized spacial score (nSPS) is 10.6. The highest BCUT2D eigenvalue weighted by molar-refractivity contribution is 5.96. The molecule has 0 saturated carbocycles. The first kappa shape index (κ1) is 9.71. The molecule has 0 aliphatic rings. The zero-order chi connectivity index (χ0) is 11.0. The molecular weight excluding hydrogens is 192 g/mol. The van der Waals surface area contributed by atoms with Gasteiger partial charge in [-0.05, 0) is 31.5 Å². The van der Waals surface area contributed by atoms with E-state index in [2.05, 4.69) is 5.10 Å². The van der Waals surface area contributed by atoms with Crippen molar-refractivity contribution >= 4 is 11.5 Å². The third kappa shape index (κ3) is 1.48. The number of fused-ring (bicyclic) bond motifs is 1. The van der Waals surface area contributed by atoms with Crippen molar-refractivity contribution < 1.29 is 9.53 Å². The van der Waals surface area contributed by atoms with Crippen LogP contribution in [0.15, 0.2) is 18.3 Å². The SMILES string of the molecule is COC(=O)c1cnn2c(C)cc(C)cc12. The molecule has 0 fully saturated rings. The standard InChI is InChI=1S/C11H12N2O2/c1-7-4-8(2)13-10(5-7)9(6-12-13)11(14)15-3/h4-6H,1-3H3. The lowest BCUT2D eigenvalue weighted by molar-refractivity contribution is 0.0603. The van der Waals surface area contributed by atoms with E-state index in [0.717, 1.165) is 16.8 Å². The maximum absolute atomic E-state index is 11.4. The molecule has 0 aromatic carbocycles. The maximum Gasteiger partial charge on any atom is 0.341 e. The van der Waals surface area contributed by atoms with Crippen molar-refractivity contribution in [2.45, 2.75) is 13.8 Å². The number of pyridine rings is 1. The molecule has 0 N–H and O–H groups in total.